The minimum absolute atomic E-state index is 0.495. The third kappa shape index (κ3) is 9.85. The summed E-state index contributed by atoms with van der Waals surface area (Å²) in [7, 11) is 16.5. The molecule has 0 spiro atoms. The van der Waals surface area contributed by atoms with E-state index in [4.69, 9.17) is 31.2 Å². The van der Waals surface area contributed by atoms with E-state index in [1.54, 1.807) is 0 Å². The molecular weight excluding hydrogens is 305 g/mol. The van der Waals surface area contributed by atoms with Gasteiger partial charge in [-0.3, -0.25) is 0 Å². The molecule has 0 saturated carbocycles. The van der Waals surface area contributed by atoms with E-state index in [0.29, 0.717) is 0 Å². The molecule has 0 aliphatic carbocycles. The molecule has 0 amide bonds. The molecule has 0 aromatic carbocycles. The second kappa shape index (κ2) is 5.49. The first kappa shape index (κ1) is 10.8. The summed E-state index contributed by atoms with van der Waals surface area (Å²) < 4.78 is 5.95. The third-order valence-electron chi connectivity index (χ3n) is 0.734. The average molecular weight is 314 g/mol. The summed E-state index contributed by atoms with van der Waals surface area (Å²) in [4.78, 5) is 0. The Kier molecular flexibility index (Phi) is 6.62. The molecule has 0 bridgehead atoms. The number of rotatable bonds is 4. The van der Waals surface area contributed by atoms with Crippen LogP contribution >= 0.6 is 26.8 Å². The molecule has 0 aliphatic heterocycles. The molecule has 6 heteroatoms. The summed E-state index contributed by atoms with van der Waals surface area (Å²) in [6.07, 6.45) is 0. The zero-order valence-electron chi connectivity index (χ0n) is 5.16. The molecule has 0 atom stereocenters. The van der Waals surface area contributed by atoms with Crippen molar-refractivity contribution in [2.24, 2.45) is 0 Å². The van der Waals surface area contributed by atoms with E-state index < -0.39 is 24.8 Å². The fourth-order valence-electron chi connectivity index (χ4n) is 0.332. The molecule has 9 heavy (non-hydrogen) atoms. The van der Waals surface area contributed by atoms with Gasteiger partial charge in [-0.1, -0.05) is 0 Å². The van der Waals surface area contributed by atoms with Crippen molar-refractivity contribution in [2.75, 3.05) is 6.61 Å². The number of hydrogen-bond donors (Lipinski definition) is 0. The zero-order chi connectivity index (χ0) is 7.33. The Bertz CT molecular complexity index is 75.9. The molecule has 0 heterocycles. The van der Waals surface area contributed by atoms with Gasteiger partial charge < -0.3 is 0 Å². The van der Waals surface area contributed by atoms with Crippen molar-refractivity contribution < 1.29 is 4.43 Å². The van der Waals surface area contributed by atoms with Crippen molar-refractivity contribution in [3.63, 3.8) is 0 Å². The molecule has 56 valence electrons. The number of hydrogen-bond acceptors (Lipinski definition) is 1. The molecule has 0 N–H and O–H groups in total. The van der Waals surface area contributed by atoms with Gasteiger partial charge in [0.05, 0.1) is 0 Å². The van der Waals surface area contributed by atoms with Gasteiger partial charge in [-0.2, -0.15) is 0 Å². The number of halogens is 3. The maximum absolute atomic E-state index is 5.66. The minimum atomic E-state index is -2.98. The van der Waals surface area contributed by atoms with Crippen LogP contribution in [0.3, 0.4) is 0 Å². The predicted octanol–water partition coefficient (Wildman–Crippen LogP) is 1.72. The summed E-state index contributed by atoms with van der Waals surface area (Å²) in [6.45, 7) is 2.72. The van der Waals surface area contributed by atoms with Crippen LogP contribution in [-0.4, -0.2) is 31.4 Å². The summed E-state index contributed by atoms with van der Waals surface area (Å²) in [5, 5.41) is 0. The van der Waals surface area contributed by atoms with Gasteiger partial charge in [0.25, 0.3) is 0 Å². The molecule has 0 aromatic rings. The van der Waals surface area contributed by atoms with Crippen molar-refractivity contribution in [1.29, 1.82) is 0 Å². The van der Waals surface area contributed by atoms with Gasteiger partial charge in [0.1, 0.15) is 0 Å². The van der Waals surface area contributed by atoms with E-state index >= 15 is 0 Å². The van der Waals surface area contributed by atoms with Gasteiger partial charge in [-0.15, -0.1) is 0 Å². The van der Waals surface area contributed by atoms with Crippen molar-refractivity contribution in [3.8, 4) is 0 Å². The average Bonchev–Trinajstić information content (AvgIpc) is 1.63. The topological polar surface area (TPSA) is 9.23 Å². The molecule has 0 saturated heterocycles. The fraction of sp³-hybridized carbons (Fsp3) is 1.00. The maximum atomic E-state index is 5.66. The Labute approximate surface area is 73.0 Å². The van der Waals surface area contributed by atoms with Crippen LogP contribution in [0.5, 0.6) is 0 Å². The molecular formula is C3H9Cl3OSiSn. The van der Waals surface area contributed by atoms with Gasteiger partial charge in [-0.05, 0) is 0 Å². The fourth-order valence-corrected chi connectivity index (χ4v) is 8.87. The van der Waals surface area contributed by atoms with E-state index in [0.717, 1.165) is 10.7 Å². The first-order valence-electron chi connectivity index (χ1n) is 2.70. The van der Waals surface area contributed by atoms with Crippen molar-refractivity contribution in [2.45, 2.75) is 11.0 Å². The van der Waals surface area contributed by atoms with Crippen LogP contribution in [0.4, 0.5) is 0 Å². The quantitative estimate of drug-likeness (QED) is 0.567. The van der Waals surface area contributed by atoms with Crippen molar-refractivity contribution >= 4 is 51.5 Å². The van der Waals surface area contributed by atoms with Crippen LogP contribution in [0, 0.1) is 0 Å². The van der Waals surface area contributed by atoms with Crippen LogP contribution in [0.25, 0.3) is 0 Å². The Hall–Kier alpha value is 1.85. The van der Waals surface area contributed by atoms with Crippen LogP contribution in [0.15, 0.2) is 0 Å². The summed E-state index contributed by atoms with van der Waals surface area (Å²) >= 11 is -2.98. The van der Waals surface area contributed by atoms with E-state index in [2.05, 4.69) is 0 Å². The van der Waals surface area contributed by atoms with Gasteiger partial charge in [0.2, 0.25) is 0 Å². The first-order chi connectivity index (χ1) is 4.06. The Morgan fingerprint density at radius 3 is 2.33 bits per heavy atom. The van der Waals surface area contributed by atoms with Crippen molar-refractivity contribution in [3.05, 3.63) is 0 Å². The van der Waals surface area contributed by atoms with Crippen LogP contribution < -0.4 is 0 Å². The molecule has 0 rings (SSSR count). The van der Waals surface area contributed by atoms with Gasteiger partial charge >= 0.3 is 73.5 Å². The van der Waals surface area contributed by atoms with Gasteiger partial charge in [-0.25, -0.2) is 0 Å². The van der Waals surface area contributed by atoms with E-state index in [-0.39, 0.29) is 0 Å². The van der Waals surface area contributed by atoms with Crippen LogP contribution in [-0.2, 0) is 4.43 Å². The van der Waals surface area contributed by atoms with Crippen LogP contribution in [0.2, 0.25) is 4.06 Å². The third-order valence-corrected chi connectivity index (χ3v) is 20.2. The zero-order valence-corrected chi connectivity index (χ0v) is 11.7. The second-order valence-electron chi connectivity index (χ2n) is 1.56. The SMILES string of the molecule is CCO[SiH2][CH2][Sn]([Cl])([Cl])[Cl]. The molecule has 0 radical (unpaired) electrons. The van der Waals surface area contributed by atoms with E-state index in [9.17, 15) is 0 Å². The van der Waals surface area contributed by atoms with Gasteiger partial charge in [0, 0.05) is 0 Å². The standard InChI is InChI=1S/C3H9OSi.3ClH.Sn/c1-3-4-5-2;;;;/h2-3,5H2,1H3;3*1H;/q;;;;+3/p-3. The normalized spacial score (nSPS) is 13.3. The first-order valence-corrected chi connectivity index (χ1v) is 17.1. The summed E-state index contributed by atoms with van der Waals surface area (Å²) in [5.41, 5.74) is 0. The monoisotopic (exact) mass is 314 g/mol. The summed E-state index contributed by atoms with van der Waals surface area (Å²) in [6, 6.07) is 0. The van der Waals surface area contributed by atoms with Crippen LogP contribution in [0.1, 0.15) is 6.92 Å². The van der Waals surface area contributed by atoms with E-state index in [1.807, 2.05) is 6.92 Å². The molecule has 1 nitrogen and oxygen atoms in total. The second-order valence-corrected chi connectivity index (χ2v) is 27.5. The van der Waals surface area contributed by atoms with Gasteiger partial charge in [0.15, 0.2) is 0 Å². The molecule has 0 unspecified atom stereocenters. The van der Waals surface area contributed by atoms with E-state index in [1.165, 1.54) is 0 Å². The molecule has 0 fully saturated rings. The Morgan fingerprint density at radius 2 is 2.00 bits per heavy atom. The predicted molar refractivity (Wildman–Crippen MR) is 48.3 cm³/mol. The Morgan fingerprint density at radius 1 is 1.44 bits per heavy atom. The Balaban J connectivity index is 3.07. The summed E-state index contributed by atoms with van der Waals surface area (Å²) in [5.74, 6) is 0. The molecule has 0 aliphatic rings. The molecule has 0 aromatic heterocycles. The van der Waals surface area contributed by atoms with Crippen molar-refractivity contribution in [1.82, 2.24) is 0 Å².